The van der Waals surface area contributed by atoms with Gasteiger partial charge in [-0.05, 0) is 55.0 Å². The van der Waals surface area contributed by atoms with Gasteiger partial charge in [0.2, 0.25) is 5.91 Å². The topological polar surface area (TPSA) is 84.9 Å². The summed E-state index contributed by atoms with van der Waals surface area (Å²) in [5.74, 6) is -0.480. The van der Waals surface area contributed by atoms with Crippen molar-refractivity contribution in [2.24, 2.45) is 0 Å². The van der Waals surface area contributed by atoms with Gasteiger partial charge in [0.15, 0.2) is 0 Å². The van der Waals surface area contributed by atoms with E-state index in [0.29, 0.717) is 18.5 Å². The van der Waals surface area contributed by atoms with Gasteiger partial charge in [-0.3, -0.25) is 9.59 Å². The molecule has 1 unspecified atom stereocenters. The Morgan fingerprint density at radius 3 is 2.49 bits per heavy atom. The summed E-state index contributed by atoms with van der Waals surface area (Å²) in [5, 5.41) is 3.25. The molecule has 7 nitrogen and oxygen atoms in total. The number of hydrogen-bond donors (Lipinski definition) is 1. The average molecular weight is 481 g/mol. The molecule has 35 heavy (non-hydrogen) atoms. The number of nitrogens with zero attached hydrogens (tertiary/aromatic N) is 1. The van der Waals surface area contributed by atoms with Crippen molar-refractivity contribution in [2.75, 3.05) is 31.2 Å². The van der Waals surface area contributed by atoms with Crippen LogP contribution >= 0.6 is 0 Å². The molecule has 2 aromatic rings. The minimum absolute atomic E-state index is 0.0388. The second kappa shape index (κ2) is 14.1. The van der Waals surface area contributed by atoms with Crippen molar-refractivity contribution in [1.29, 1.82) is 0 Å². The van der Waals surface area contributed by atoms with Crippen molar-refractivity contribution < 1.29 is 23.9 Å². The molecule has 0 spiro atoms. The molecule has 1 heterocycles. The van der Waals surface area contributed by atoms with E-state index in [1.807, 2.05) is 6.07 Å². The van der Waals surface area contributed by atoms with Crippen molar-refractivity contribution in [2.45, 2.75) is 57.9 Å². The number of rotatable bonds is 13. The maximum atomic E-state index is 13.0. The number of piperidine rings is 1. The lowest BCUT2D eigenvalue weighted by molar-refractivity contribution is -0.129. The number of anilines is 1. The highest BCUT2D eigenvalue weighted by Gasteiger charge is 2.21. The minimum atomic E-state index is -0.440. The van der Waals surface area contributed by atoms with Crippen LogP contribution in [0.4, 0.5) is 5.69 Å². The quantitative estimate of drug-likeness (QED) is 0.256. The van der Waals surface area contributed by atoms with Crippen molar-refractivity contribution >= 4 is 24.0 Å². The number of para-hydroxylation sites is 1. The zero-order valence-corrected chi connectivity index (χ0v) is 20.5. The highest BCUT2D eigenvalue weighted by Crippen LogP contribution is 2.31. The summed E-state index contributed by atoms with van der Waals surface area (Å²) in [6.45, 7) is 5.02. The van der Waals surface area contributed by atoms with Gasteiger partial charge in [-0.15, -0.1) is 0 Å². The first-order chi connectivity index (χ1) is 17.1. The first-order valence-corrected chi connectivity index (χ1v) is 12.6. The largest absolute Gasteiger partial charge is 0.468 e. The molecular formula is C28H36N2O5. The van der Waals surface area contributed by atoms with Crippen LogP contribution in [0.5, 0.6) is 0 Å². The summed E-state index contributed by atoms with van der Waals surface area (Å²) in [5.41, 5.74) is 3.66. The summed E-state index contributed by atoms with van der Waals surface area (Å²) in [4.78, 5) is 37.6. The lowest BCUT2D eigenvalue weighted by atomic mass is 9.98. The van der Waals surface area contributed by atoms with Gasteiger partial charge < -0.3 is 19.7 Å². The number of ether oxygens (including phenoxy) is 2. The molecule has 0 radical (unpaired) electrons. The third kappa shape index (κ3) is 8.12. The van der Waals surface area contributed by atoms with E-state index in [0.717, 1.165) is 31.5 Å². The van der Waals surface area contributed by atoms with Crippen LogP contribution in [-0.4, -0.2) is 44.7 Å². The summed E-state index contributed by atoms with van der Waals surface area (Å²) in [6, 6.07) is 15.3. The fourth-order valence-corrected chi connectivity index (χ4v) is 4.43. The number of benzene rings is 2. The summed E-state index contributed by atoms with van der Waals surface area (Å²) in [6.07, 6.45) is 6.22. The molecule has 188 valence electrons. The number of nitrogens with one attached hydrogen (secondary N) is 1. The Morgan fingerprint density at radius 1 is 1.03 bits per heavy atom. The number of hydrogen-bond acceptors (Lipinski definition) is 6. The predicted octanol–water partition coefficient (Wildman–Crippen LogP) is 4.60. The molecule has 0 aliphatic carbocycles. The second-order valence-corrected chi connectivity index (χ2v) is 8.85. The maximum Gasteiger partial charge on any atom is 0.338 e. The van der Waals surface area contributed by atoms with E-state index in [-0.39, 0.29) is 31.6 Å². The van der Waals surface area contributed by atoms with Gasteiger partial charge in [-0.1, -0.05) is 43.7 Å². The molecule has 7 heteroatoms. The number of esters is 1. The molecule has 1 aliphatic heterocycles. The summed E-state index contributed by atoms with van der Waals surface area (Å²) >= 11 is 0. The van der Waals surface area contributed by atoms with E-state index in [1.165, 1.54) is 30.5 Å². The highest BCUT2D eigenvalue weighted by atomic mass is 16.5. The molecule has 0 bridgehead atoms. The highest BCUT2D eigenvalue weighted by molar-refractivity contribution is 5.89. The van der Waals surface area contributed by atoms with E-state index in [2.05, 4.69) is 40.1 Å². The van der Waals surface area contributed by atoms with Crippen LogP contribution in [0.15, 0.2) is 48.5 Å². The first kappa shape index (κ1) is 26.3. The third-order valence-electron chi connectivity index (χ3n) is 6.18. The zero-order chi connectivity index (χ0) is 24.9. The Labute approximate surface area is 207 Å². The Hall–Kier alpha value is -3.35. The van der Waals surface area contributed by atoms with Crippen LogP contribution in [0.1, 0.15) is 73.0 Å². The van der Waals surface area contributed by atoms with E-state index in [4.69, 9.17) is 4.74 Å². The molecule has 1 atom stereocenters. The van der Waals surface area contributed by atoms with Gasteiger partial charge in [0.1, 0.15) is 0 Å². The van der Waals surface area contributed by atoms with Crippen LogP contribution in [0.2, 0.25) is 0 Å². The zero-order valence-electron chi connectivity index (χ0n) is 20.5. The Bertz CT molecular complexity index is 954. The van der Waals surface area contributed by atoms with Crippen LogP contribution in [-0.2, 0) is 25.5 Å². The Balaban J connectivity index is 1.58. The van der Waals surface area contributed by atoms with Crippen molar-refractivity contribution in [3.63, 3.8) is 0 Å². The Kier molecular flexibility index (Phi) is 10.6. The monoisotopic (exact) mass is 480 g/mol. The maximum absolute atomic E-state index is 13.0. The van der Waals surface area contributed by atoms with Gasteiger partial charge in [-0.25, -0.2) is 4.79 Å². The normalized spacial score (nSPS) is 14.1. The fraction of sp³-hybridized carbons (Fsp3) is 0.464. The fourth-order valence-electron chi connectivity index (χ4n) is 4.43. The number of carbonyl (C=O) groups is 3. The summed E-state index contributed by atoms with van der Waals surface area (Å²) < 4.78 is 9.74. The van der Waals surface area contributed by atoms with E-state index >= 15 is 0 Å². The molecule has 1 saturated heterocycles. The van der Waals surface area contributed by atoms with Crippen molar-refractivity contribution in [3.05, 3.63) is 65.2 Å². The van der Waals surface area contributed by atoms with Crippen LogP contribution in [0, 0.1) is 0 Å². The minimum Gasteiger partial charge on any atom is -0.468 e. The van der Waals surface area contributed by atoms with Gasteiger partial charge in [0.05, 0.1) is 31.2 Å². The number of carbonyl (C=O) groups excluding carboxylic acids is 3. The smallest absolute Gasteiger partial charge is 0.338 e. The molecule has 1 fully saturated rings. The van der Waals surface area contributed by atoms with E-state index in [9.17, 15) is 14.4 Å². The molecule has 1 amide bonds. The SMILES string of the molecule is CCCC(NC(=O)Cc1ccc(C(=O)OCCCOC=O)cc1)c1ccccc1N1CCCCC1. The lowest BCUT2D eigenvalue weighted by Crippen LogP contribution is -2.34. The average Bonchev–Trinajstić information content (AvgIpc) is 2.89. The van der Waals surface area contributed by atoms with Crippen molar-refractivity contribution in [1.82, 2.24) is 5.32 Å². The van der Waals surface area contributed by atoms with Crippen LogP contribution in [0.25, 0.3) is 0 Å². The summed E-state index contributed by atoms with van der Waals surface area (Å²) in [7, 11) is 0. The Morgan fingerprint density at radius 2 is 1.77 bits per heavy atom. The molecule has 0 aromatic heterocycles. The van der Waals surface area contributed by atoms with Gasteiger partial charge in [0, 0.05) is 25.2 Å². The van der Waals surface area contributed by atoms with Gasteiger partial charge in [-0.2, -0.15) is 0 Å². The van der Waals surface area contributed by atoms with Crippen LogP contribution in [0.3, 0.4) is 0 Å². The second-order valence-electron chi connectivity index (χ2n) is 8.85. The predicted molar refractivity (Wildman–Crippen MR) is 135 cm³/mol. The van der Waals surface area contributed by atoms with Crippen LogP contribution < -0.4 is 10.2 Å². The molecule has 1 aliphatic rings. The van der Waals surface area contributed by atoms with E-state index < -0.39 is 5.97 Å². The molecule has 0 saturated carbocycles. The number of amides is 1. The lowest BCUT2D eigenvalue weighted by Gasteiger charge is -2.32. The molecule has 2 aromatic carbocycles. The van der Waals surface area contributed by atoms with Gasteiger partial charge >= 0.3 is 5.97 Å². The first-order valence-electron chi connectivity index (χ1n) is 12.6. The molecule has 1 N–H and O–H groups in total. The standard InChI is InChI=1S/C28H36N2O5/c1-2-9-25(24-10-4-5-11-26(24)30-16-6-3-7-17-30)29-27(32)20-22-12-14-23(15-13-22)28(33)35-19-8-18-34-21-31/h4-5,10-15,21,25H,2-3,6-9,16-20H2,1H3,(H,29,32). The van der Waals surface area contributed by atoms with Gasteiger partial charge in [0.25, 0.3) is 6.47 Å². The molecule has 3 rings (SSSR count). The van der Waals surface area contributed by atoms with E-state index in [1.54, 1.807) is 24.3 Å². The van der Waals surface area contributed by atoms with Crippen molar-refractivity contribution in [3.8, 4) is 0 Å². The molecular weight excluding hydrogens is 444 g/mol. The third-order valence-corrected chi connectivity index (χ3v) is 6.18.